The van der Waals surface area contributed by atoms with Crippen LogP contribution in [0.2, 0.25) is 0 Å². The highest BCUT2D eigenvalue weighted by atomic mass is 35.6. The largest absolute Gasteiger partial charge is 0.460 e. The summed E-state index contributed by atoms with van der Waals surface area (Å²) in [4.78, 5) is 37.6. The Morgan fingerprint density at radius 2 is 1.94 bits per heavy atom. The molecule has 0 aromatic heterocycles. The Hall–Kier alpha value is -1.58. The van der Waals surface area contributed by atoms with Gasteiger partial charge in [-0.2, -0.15) is 0 Å². The Labute approximate surface area is 196 Å². The van der Waals surface area contributed by atoms with Gasteiger partial charge in [0.15, 0.2) is 0 Å². The lowest BCUT2D eigenvalue weighted by Crippen LogP contribution is -2.60. The minimum Gasteiger partial charge on any atom is -0.460 e. The second-order valence-corrected chi connectivity index (χ2v) is 9.81. The number of nitrogens with zero attached hydrogens (tertiary/aromatic N) is 1. The maximum atomic E-state index is 12.8. The lowest BCUT2D eigenvalue weighted by molar-refractivity contribution is -0.152. The van der Waals surface area contributed by atoms with E-state index in [4.69, 9.17) is 39.5 Å². The SMILES string of the molecule is CNC(Cc1ccccc1)C(=O)NC(C)C(=O)N1CCCC(C(=O)OCC(Cl)(Cl)Cl)N1. The number of alkyl halides is 3. The molecule has 0 spiro atoms. The maximum absolute atomic E-state index is 12.8. The second kappa shape index (κ2) is 11.9. The number of rotatable bonds is 8. The van der Waals surface area contributed by atoms with Crippen molar-refractivity contribution in [3.63, 3.8) is 0 Å². The van der Waals surface area contributed by atoms with Gasteiger partial charge in [0.05, 0.1) is 6.04 Å². The highest BCUT2D eigenvalue weighted by molar-refractivity contribution is 6.67. The highest BCUT2D eigenvalue weighted by Crippen LogP contribution is 2.26. The number of halogens is 3. The van der Waals surface area contributed by atoms with Crippen molar-refractivity contribution in [2.45, 2.75) is 48.1 Å². The normalized spacial score (nSPS) is 18.7. The first-order valence-electron chi connectivity index (χ1n) is 9.93. The van der Waals surface area contributed by atoms with E-state index in [1.54, 1.807) is 14.0 Å². The number of amides is 2. The van der Waals surface area contributed by atoms with Crippen LogP contribution in [0.4, 0.5) is 0 Å². The van der Waals surface area contributed by atoms with E-state index in [9.17, 15) is 14.4 Å². The van der Waals surface area contributed by atoms with E-state index in [0.717, 1.165) is 5.56 Å². The van der Waals surface area contributed by atoms with Crippen LogP contribution in [0.5, 0.6) is 0 Å². The van der Waals surface area contributed by atoms with Crippen LogP contribution < -0.4 is 16.1 Å². The average Bonchev–Trinajstić information content (AvgIpc) is 2.75. The van der Waals surface area contributed by atoms with Crippen LogP contribution in [0.25, 0.3) is 0 Å². The summed E-state index contributed by atoms with van der Waals surface area (Å²) in [6.07, 6.45) is 1.55. The van der Waals surface area contributed by atoms with Crippen LogP contribution in [0.3, 0.4) is 0 Å². The molecule has 0 bridgehead atoms. The molecule has 0 aliphatic carbocycles. The molecule has 11 heteroatoms. The number of hydrogen-bond acceptors (Lipinski definition) is 6. The molecule has 1 aliphatic rings. The molecule has 31 heavy (non-hydrogen) atoms. The Morgan fingerprint density at radius 3 is 2.55 bits per heavy atom. The molecular weight excluding hydrogens is 467 g/mol. The first-order valence-corrected chi connectivity index (χ1v) is 11.1. The van der Waals surface area contributed by atoms with Crippen LogP contribution in [0.1, 0.15) is 25.3 Å². The van der Waals surface area contributed by atoms with Gasteiger partial charge in [-0.25, -0.2) is 5.43 Å². The van der Waals surface area contributed by atoms with E-state index >= 15 is 0 Å². The third-order valence-corrected chi connectivity index (χ3v) is 5.12. The van der Waals surface area contributed by atoms with Crippen LogP contribution in [0.15, 0.2) is 30.3 Å². The Morgan fingerprint density at radius 1 is 1.26 bits per heavy atom. The van der Waals surface area contributed by atoms with E-state index in [-0.39, 0.29) is 18.4 Å². The van der Waals surface area contributed by atoms with E-state index in [1.807, 2.05) is 30.3 Å². The number of nitrogens with one attached hydrogen (secondary N) is 3. The van der Waals surface area contributed by atoms with Crippen molar-refractivity contribution in [2.24, 2.45) is 0 Å². The number of ether oxygens (including phenoxy) is 1. The molecule has 2 rings (SSSR count). The van der Waals surface area contributed by atoms with Crippen molar-refractivity contribution in [1.82, 2.24) is 21.1 Å². The Kier molecular flexibility index (Phi) is 9.84. The summed E-state index contributed by atoms with van der Waals surface area (Å²) in [6.45, 7) is 1.61. The fraction of sp³-hybridized carbons (Fsp3) is 0.550. The van der Waals surface area contributed by atoms with Crippen molar-refractivity contribution in [3.05, 3.63) is 35.9 Å². The highest BCUT2D eigenvalue weighted by Gasteiger charge is 2.33. The summed E-state index contributed by atoms with van der Waals surface area (Å²) in [6, 6.07) is 7.57. The van der Waals surface area contributed by atoms with Gasteiger partial charge in [0.1, 0.15) is 18.7 Å². The molecule has 172 valence electrons. The summed E-state index contributed by atoms with van der Waals surface area (Å²) in [5.74, 6) is -1.26. The molecule has 1 aliphatic heterocycles. The molecule has 3 N–H and O–H groups in total. The number of hydrogen-bond donors (Lipinski definition) is 3. The molecule has 3 unspecified atom stereocenters. The predicted octanol–water partition coefficient (Wildman–Crippen LogP) is 1.73. The standard InChI is InChI=1S/C20H27Cl3N4O4/c1-13(25-17(28)16(24-2)11-14-7-4-3-5-8-14)18(29)27-10-6-9-15(26-27)19(30)31-12-20(21,22)23/h3-5,7-8,13,15-16,24,26H,6,9-12H2,1-2H3,(H,25,28). The molecule has 1 aromatic rings. The summed E-state index contributed by atoms with van der Waals surface area (Å²) >= 11 is 16.8. The zero-order chi connectivity index (χ0) is 23.0. The third kappa shape index (κ3) is 8.46. The number of esters is 1. The van der Waals surface area contributed by atoms with Gasteiger partial charge >= 0.3 is 5.97 Å². The van der Waals surface area contributed by atoms with Gasteiger partial charge in [0, 0.05) is 6.54 Å². The van der Waals surface area contributed by atoms with Crippen molar-refractivity contribution >= 4 is 52.6 Å². The Bertz CT molecular complexity index is 761. The first-order chi connectivity index (χ1) is 14.6. The fourth-order valence-electron chi connectivity index (χ4n) is 3.15. The molecule has 1 saturated heterocycles. The van der Waals surface area contributed by atoms with Crippen molar-refractivity contribution in [3.8, 4) is 0 Å². The van der Waals surface area contributed by atoms with Gasteiger partial charge in [0.25, 0.3) is 5.91 Å². The van der Waals surface area contributed by atoms with Gasteiger partial charge in [-0.15, -0.1) is 0 Å². The van der Waals surface area contributed by atoms with Crippen LogP contribution in [0, 0.1) is 0 Å². The smallest absolute Gasteiger partial charge is 0.325 e. The number of carbonyl (C=O) groups is 3. The zero-order valence-electron chi connectivity index (χ0n) is 17.4. The summed E-state index contributed by atoms with van der Waals surface area (Å²) < 4.78 is 3.28. The van der Waals surface area contributed by atoms with Crippen molar-refractivity contribution in [1.29, 1.82) is 0 Å². The first kappa shape index (κ1) is 25.7. The molecule has 1 fully saturated rings. The van der Waals surface area contributed by atoms with Crippen LogP contribution in [-0.2, 0) is 25.5 Å². The minimum atomic E-state index is -1.71. The second-order valence-electron chi connectivity index (χ2n) is 7.30. The number of likely N-dealkylation sites (N-methyl/N-ethyl adjacent to an activating group) is 1. The van der Waals surface area contributed by atoms with Gasteiger partial charge in [0.2, 0.25) is 9.70 Å². The average molecular weight is 494 g/mol. The van der Waals surface area contributed by atoms with Gasteiger partial charge in [-0.3, -0.25) is 19.4 Å². The van der Waals surface area contributed by atoms with Crippen LogP contribution in [-0.4, -0.2) is 64.9 Å². The lowest BCUT2D eigenvalue weighted by atomic mass is 10.1. The van der Waals surface area contributed by atoms with Crippen molar-refractivity contribution in [2.75, 3.05) is 20.2 Å². The fourth-order valence-corrected chi connectivity index (χ4v) is 3.32. The number of carbonyl (C=O) groups excluding carboxylic acids is 3. The summed E-state index contributed by atoms with van der Waals surface area (Å²) in [5, 5.41) is 7.03. The lowest BCUT2D eigenvalue weighted by Gasteiger charge is -2.34. The van der Waals surface area contributed by atoms with E-state index in [1.165, 1.54) is 5.01 Å². The minimum absolute atomic E-state index is 0.289. The molecule has 1 heterocycles. The summed E-state index contributed by atoms with van der Waals surface area (Å²) in [7, 11) is 1.69. The zero-order valence-corrected chi connectivity index (χ0v) is 19.6. The van der Waals surface area contributed by atoms with E-state index < -0.39 is 27.9 Å². The molecule has 3 atom stereocenters. The third-order valence-electron chi connectivity index (χ3n) is 4.79. The van der Waals surface area contributed by atoms with Gasteiger partial charge < -0.3 is 15.4 Å². The van der Waals surface area contributed by atoms with E-state index in [2.05, 4.69) is 16.1 Å². The Balaban J connectivity index is 1.89. The van der Waals surface area contributed by atoms with Crippen LogP contribution >= 0.6 is 34.8 Å². The van der Waals surface area contributed by atoms with E-state index in [0.29, 0.717) is 25.8 Å². The molecular formula is C20H27Cl3N4O4. The van der Waals surface area contributed by atoms with Gasteiger partial charge in [-0.05, 0) is 38.8 Å². The molecule has 0 saturated carbocycles. The molecule has 1 aromatic carbocycles. The number of benzene rings is 1. The summed E-state index contributed by atoms with van der Waals surface area (Å²) in [5.41, 5.74) is 3.84. The topological polar surface area (TPSA) is 99.8 Å². The quantitative estimate of drug-likeness (QED) is 0.377. The maximum Gasteiger partial charge on any atom is 0.325 e. The number of hydrazine groups is 1. The predicted molar refractivity (Wildman–Crippen MR) is 120 cm³/mol. The molecule has 0 radical (unpaired) electrons. The molecule has 2 amide bonds. The van der Waals surface area contributed by atoms with Crippen molar-refractivity contribution < 1.29 is 19.1 Å². The monoisotopic (exact) mass is 492 g/mol. The van der Waals surface area contributed by atoms with Gasteiger partial charge in [-0.1, -0.05) is 65.1 Å². The molecule has 8 nitrogen and oxygen atoms in total.